The average molecular weight is 423 g/mol. The van der Waals surface area contributed by atoms with Crippen LogP contribution < -0.4 is 15.5 Å². The number of rotatable bonds is 6. The van der Waals surface area contributed by atoms with Gasteiger partial charge in [-0.15, -0.1) is 0 Å². The van der Waals surface area contributed by atoms with Crippen molar-refractivity contribution in [1.29, 1.82) is 0 Å². The van der Waals surface area contributed by atoms with Crippen LogP contribution in [0.15, 0.2) is 48.5 Å². The van der Waals surface area contributed by atoms with E-state index in [-0.39, 0.29) is 6.04 Å². The summed E-state index contributed by atoms with van der Waals surface area (Å²) >= 11 is 0. The highest BCUT2D eigenvalue weighted by Gasteiger charge is 2.26. The van der Waals surface area contributed by atoms with Crippen molar-refractivity contribution in [3.05, 3.63) is 65.2 Å². The molecule has 0 radical (unpaired) electrons. The quantitative estimate of drug-likeness (QED) is 0.690. The van der Waals surface area contributed by atoms with Crippen LogP contribution in [-0.4, -0.2) is 63.2 Å². The van der Waals surface area contributed by atoms with Gasteiger partial charge in [0.05, 0.1) is 19.3 Å². The number of nitrogens with zero attached hydrogens (tertiary/aromatic N) is 2. The summed E-state index contributed by atoms with van der Waals surface area (Å²) < 4.78 is 5.51. The number of likely N-dealkylation sites (N-methyl/N-ethyl adjacent to an activating group) is 1. The number of carbonyl (C=O) groups excluding carboxylic acids is 2. The lowest BCUT2D eigenvalue weighted by Gasteiger charge is -2.35. The average Bonchev–Trinajstić information content (AvgIpc) is 3.19. The van der Waals surface area contributed by atoms with Crippen molar-refractivity contribution in [2.45, 2.75) is 19.0 Å². The zero-order valence-corrected chi connectivity index (χ0v) is 18.0. The number of morpholine rings is 1. The highest BCUT2D eigenvalue weighted by molar-refractivity contribution is 6.35. The standard InChI is InChI=1S/C24H30N4O3/c1-27-10-9-20-15-19(7-8-21(20)27)22(28-11-13-31-14-12-28)17-26-24(30)23(29)25-16-18-5-3-2-4-6-18/h2-8,15,22H,9-14,16-17H2,1H3,(H,25,29)(H,26,30)/t22-/m0/s1. The number of hydrogen-bond acceptors (Lipinski definition) is 5. The minimum atomic E-state index is -0.611. The van der Waals surface area contributed by atoms with E-state index in [0.29, 0.717) is 26.3 Å². The first-order valence-electron chi connectivity index (χ1n) is 10.9. The molecule has 2 aromatic carbocycles. The summed E-state index contributed by atoms with van der Waals surface area (Å²) in [7, 11) is 2.11. The first kappa shape index (κ1) is 21.3. The third kappa shape index (κ3) is 5.24. The van der Waals surface area contributed by atoms with Crippen LogP contribution in [0.3, 0.4) is 0 Å². The Kier molecular flexibility index (Phi) is 6.84. The first-order chi connectivity index (χ1) is 15.1. The minimum absolute atomic E-state index is 0.00554. The fraction of sp³-hybridized carbons (Fsp3) is 0.417. The second kappa shape index (κ2) is 9.94. The van der Waals surface area contributed by atoms with Crippen LogP contribution >= 0.6 is 0 Å². The molecular weight excluding hydrogens is 392 g/mol. The van der Waals surface area contributed by atoms with E-state index in [1.807, 2.05) is 30.3 Å². The van der Waals surface area contributed by atoms with Gasteiger partial charge in [-0.25, -0.2) is 0 Å². The highest BCUT2D eigenvalue weighted by atomic mass is 16.5. The fourth-order valence-corrected chi connectivity index (χ4v) is 4.27. The molecule has 4 rings (SSSR count). The van der Waals surface area contributed by atoms with E-state index in [1.165, 1.54) is 16.8 Å². The van der Waals surface area contributed by atoms with Crippen LogP contribution in [0.4, 0.5) is 5.69 Å². The second-order valence-electron chi connectivity index (χ2n) is 8.10. The molecule has 2 heterocycles. The zero-order chi connectivity index (χ0) is 21.6. The third-order valence-corrected chi connectivity index (χ3v) is 6.06. The van der Waals surface area contributed by atoms with E-state index in [0.717, 1.165) is 31.6 Å². The van der Waals surface area contributed by atoms with Crippen molar-refractivity contribution < 1.29 is 14.3 Å². The Morgan fingerprint density at radius 2 is 1.74 bits per heavy atom. The van der Waals surface area contributed by atoms with Gasteiger partial charge in [0.15, 0.2) is 0 Å². The molecule has 1 saturated heterocycles. The molecule has 2 amide bonds. The molecule has 31 heavy (non-hydrogen) atoms. The number of ether oxygens (including phenoxy) is 1. The van der Waals surface area contributed by atoms with Gasteiger partial charge in [0.25, 0.3) is 0 Å². The van der Waals surface area contributed by atoms with E-state index in [9.17, 15) is 9.59 Å². The second-order valence-corrected chi connectivity index (χ2v) is 8.10. The lowest BCUT2D eigenvalue weighted by Crippen LogP contribution is -2.46. The van der Waals surface area contributed by atoms with Gasteiger partial charge in [0, 0.05) is 45.5 Å². The maximum Gasteiger partial charge on any atom is 0.309 e. The van der Waals surface area contributed by atoms with E-state index in [4.69, 9.17) is 4.74 Å². The van der Waals surface area contributed by atoms with Crippen LogP contribution in [0.25, 0.3) is 0 Å². The number of nitrogens with one attached hydrogen (secondary N) is 2. The first-order valence-corrected chi connectivity index (χ1v) is 10.9. The summed E-state index contributed by atoms with van der Waals surface area (Å²) in [6.07, 6.45) is 1.03. The predicted molar refractivity (Wildman–Crippen MR) is 120 cm³/mol. The van der Waals surface area contributed by atoms with Crippen molar-refractivity contribution in [1.82, 2.24) is 15.5 Å². The Morgan fingerprint density at radius 1 is 1.00 bits per heavy atom. The molecule has 0 spiro atoms. The van der Waals surface area contributed by atoms with Gasteiger partial charge in [-0.05, 0) is 29.2 Å². The van der Waals surface area contributed by atoms with Crippen LogP contribution in [0, 0.1) is 0 Å². The normalized spacial score (nSPS) is 17.1. The maximum atomic E-state index is 12.4. The van der Waals surface area contributed by atoms with Gasteiger partial charge < -0.3 is 20.3 Å². The maximum absolute atomic E-state index is 12.4. The molecule has 0 saturated carbocycles. The molecule has 7 nitrogen and oxygen atoms in total. The van der Waals surface area contributed by atoms with Crippen molar-refractivity contribution in [2.75, 3.05) is 51.3 Å². The van der Waals surface area contributed by atoms with Gasteiger partial charge in [-0.3, -0.25) is 14.5 Å². The molecule has 2 aromatic rings. The SMILES string of the molecule is CN1CCc2cc([C@H](CNC(=O)C(=O)NCc3ccccc3)N3CCOCC3)ccc21. The Balaban J connectivity index is 1.40. The van der Waals surface area contributed by atoms with Gasteiger partial charge in [0.2, 0.25) is 0 Å². The smallest absolute Gasteiger partial charge is 0.309 e. The Hall–Kier alpha value is -2.90. The minimum Gasteiger partial charge on any atom is -0.379 e. The lowest BCUT2D eigenvalue weighted by molar-refractivity contribution is -0.139. The largest absolute Gasteiger partial charge is 0.379 e. The molecule has 164 valence electrons. The van der Waals surface area contributed by atoms with Gasteiger partial charge >= 0.3 is 11.8 Å². The van der Waals surface area contributed by atoms with Crippen molar-refractivity contribution >= 4 is 17.5 Å². The Bertz CT molecular complexity index is 912. The van der Waals surface area contributed by atoms with E-state index in [2.05, 4.69) is 45.7 Å². The third-order valence-electron chi connectivity index (χ3n) is 6.06. The molecule has 2 aliphatic rings. The fourth-order valence-electron chi connectivity index (χ4n) is 4.27. The predicted octanol–water partition coefficient (Wildman–Crippen LogP) is 1.48. The molecule has 7 heteroatoms. The van der Waals surface area contributed by atoms with Crippen molar-refractivity contribution in [3.63, 3.8) is 0 Å². The summed E-state index contributed by atoms with van der Waals surface area (Å²) in [5, 5.41) is 5.54. The van der Waals surface area contributed by atoms with E-state index < -0.39 is 11.8 Å². The van der Waals surface area contributed by atoms with Gasteiger partial charge in [0.1, 0.15) is 0 Å². The van der Waals surface area contributed by atoms with E-state index >= 15 is 0 Å². The molecule has 1 fully saturated rings. The van der Waals surface area contributed by atoms with Crippen molar-refractivity contribution in [3.8, 4) is 0 Å². The number of anilines is 1. The summed E-state index contributed by atoms with van der Waals surface area (Å²) in [6, 6.07) is 16.1. The number of hydrogen-bond donors (Lipinski definition) is 2. The highest BCUT2D eigenvalue weighted by Crippen LogP contribution is 2.31. The molecule has 1 atom stereocenters. The molecule has 0 bridgehead atoms. The van der Waals surface area contributed by atoms with Crippen LogP contribution in [0.2, 0.25) is 0 Å². The zero-order valence-electron chi connectivity index (χ0n) is 18.0. The number of carbonyl (C=O) groups is 2. The van der Waals surface area contributed by atoms with Crippen LogP contribution in [-0.2, 0) is 27.3 Å². The topological polar surface area (TPSA) is 73.9 Å². The molecule has 0 aliphatic carbocycles. The Morgan fingerprint density at radius 3 is 2.52 bits per heavy atom. The summed E-state index contributed by atoms with van der Waals surface area (Å²) in [5.74, 6) is -1.21. The number of amides is 2. The number of benzene rings is 2. The van der Waals surface area contributed by atoms with Crippen molar-refractivity contribution in [2.24, 2.45) is 0 Å². The summed E-state index contributed by atoms with van der Waals surface area (Å²) in [5.41, 5.74) is 4.73. The number of fused-ring (bicyclic) bond motifs is 1. The molecular formula is C24H30N4O3. The van der Waals surface area contributed by atoms with Gasteiger partial charge in [-0.1, -0.05) is 42.5 Å². The summed E-state index contributed by atoms with van der Waals surface area (Å²) in [6.45, 7) is 4.70. The summed E-state index contributed by atoms with van der Waals surface area (Å²) in [4.78, 5) is 29.3. The lowest BCUT2D eigenvalue weighted by atomic mass is 10.0. The molecule has 2 aliphatic heterocycles. The van der Waals surface area contributed by atoms with E-state index in [1.54, 1.807) is 0 Å². The monoisotopic (exact) mass is 422 g/mol. The molecule has 2 N–H and O–H groups in total. The Labute approximate surface area is 183 Å². The molecule has 0 aromatic heterocycles. The van der Waals surface area contributed by atoms with Gasteiger partial charge in [-0.2, -0.15) is 0 Å². The molecule has 0 unspecified atom stereocenters. The van der Waals surface area contributed by atoms with Crippen LogP contribution in [0.1, 0.15) is 22.7 Å². The van der Waals surface area contributed by atoms with Crippen LogP contribution in [0.5, 0.6) is 0 Å².